The predicted molar refractivity (Wildman–Crippen MR) is 81.2 cm³/mol. The van der Waals surface area contributed by atoms with Crippen molar-refractivity contribution in [3.63, 3.8) is 0 Å². The van der Waals surface area contributed by atoms with Gasteiger partial charge in [0.05, 0.1) is 25.5 Å². The van der Waals surface area contributed by atoms with E-state index in [4.69, 9.17) is 9.47 Å². The predicted octanol–water partition coefficient (Wildman–Crippen LogP) is 2.16. The summed E-state index contributed by atoms with van der Waals surface area (Å²) in [4.78, 5) is 12.1. The molecule has 1 aromatic carbocycles. The van der Waals surface area contributed by atoms with Crippen LogP contribution in [0.1, 0.15) is 13.3 Å². The Labute approximate surface area is 127 Å². The Balaban J connectivity index is 1.97. The quantitative estimate of drug-likeness (QED) is 0.860. The van der Waals surface area contributed by atoms with Crippen molar-refractivity contribution >= 4 is 27.5 Å². The van der Waals surface area contributed by atoms with Crippen LogP contribution in [0.15, 0.2) is 22.7 Å². The highest BCUT2D eigenvalue weighted by Crippen LogP contribution is 2.28. The van der Waals surface area contributed by atoms with Crippen molar-refractivity contribution < 1.29 is 14.3 Å². The van der Waals surface area contributed by atoms with E-state index in [2.05, 4.69) is 26.6 Å². The minimum Gasteiger partial charge on any atom is -0.492 e. The molecular weight excluding hydrogens is 324 g/mol. The molecule has 0 spiro atoms. The number of ether oxygens (including phenoxy) is 2. The molecule has 2 rings (SSSR count). The summed E-state index contributed by atoms with van der Waals surface area (Å²) in [6.07, 6.45) is 0.387. The number of benzene rings is 1. The normalized spacial score (nSPS) is 18.6. The van der Waals surface area contributed by atoms with Crippen LogP contribution >= 0.6 is 15.9 Å². The molecular formula is C14H19BrN2O3. The van der Waals surface area contributed by atoms with E-state index in [1.54, 1.807) is 0 Å². The van der Waals surface area contributed by atoms with E-state index in [9.17, 15) is 4.79 Å². The Hall–Kier alpha value is -1.11. The van der Waals surface area contributed by atoms with Crippen molar-refractivity contribution in [2.75, 3.05) is 31.7 Å². The van der Waals surface area contributed by atoms with E-state index in [0.29, 0.717) is 37.7 Å². The van der Waals surface area contributed by atoms with Gasteiger partial charge in [0.1, 0.15) is 5.75 Å². The highest BCUT2D eigenvalue weighted by molar-refractivity contribution is 9.10. The Morgan fingerprint density at radius 2 is 2.45 bits per heavy atom. The summed E-state index contributed by atoms with van der Waals surface area (Å²) in [6.45, 7) is 4.54. The summed E-state index contributed by atoms with van der Waals surface area (Å²) in [5.41, 5.74) is 0.683. The van der Waals surface area contributed by atoms with Gasteiger partial charge in [-0.3, -0.25) is 4.79 Å². The second-order valence-corrected chi connectivity index (χ2v) is 5.47. The van der Waals surface area contributed by atoms with E-state index in [0.717, 1.165) is 11.0 Å². The fourth-order valence-electron chi connectivity index (χ4n) is 2.06. The van der Waals surface area contributed by atoms with Crippen LogP contribution in [0.5, 0.6) is 5.75 Å². The smallest absolute Gasteiger partial charge is 0.226 e. The van der Waals surface area contributed by atoms with Gasteiger partial charge in [0.25, 0.3) is 0 Å². The molecule has 2 N–H and O–H groups in total. The molecule has 0 bridgehead atoms. The minimum atomic E-state index is -0.0490. The molecule has 0 radical (unpaired) electrons. The third kappa shape index (κ3) is 4.47. The topological polar surface area (TPSA) is 59.6 Å². The number of halogens is 1. The standard InChI is InChI=1S/C14H19BrN2O3/c1-2-20-13-4-3-10(15)7-12(13)17-14(18)8-11-9-19-6-5-16-11/h3-4,7,11,16H,2,5-6,8-9H2,1H3,(H,17,18). The number of nitrogens with one attached hydrogen (secondary N) is 2. The van der Waals surface area contributed by atoms with Crippen LogP contribution in [-0.2, 0) is 9.53 Å². The molecule has 0 aromatic heterocycles. The van der Waals surface area contributed by atoms with Crippen LogP contribution in [0.4, 0.5) is 5.69 Å². The van der Waals surface area contributed by atoms with Crippen molar-refractivity contribution in [2.24, 2.45) is 0 Å². The van der Waals surface area contributed by atoms with Gasteiger partial charge in [0, 0.05) is 23.5 Å². The molecule has 1 heterocycles. The average molecular weight is 343 g/mol. The number of anilines is 1. The molecule has 0 saturated carbocycles. The second-order valence-electron chi connectivity index (χ2n) is 4.55. The fraction of sp³-hybridized carbons (Fsp3) is 0.500. The monoisotopic (exact) mass is 342 g/mol. The lowest BCUT2D eigenvalue weighted by Crippen LogP contribution is -2.43. The maximum Gasteiger partial charge on any atom is 0.226 e. The molecule has 1 aromatic rings. The van der Waals surface area contributed by atoms with E-state index in [-0.39, 0.29) is 11.9 Å². The number of amides is 1. The summed E-state index contributed by atoms with van der Waals surface area (Å²) in [7, 11) is 0. The first-order chi connectivity index (χ1) is 9.69. The molecule has 6 heteroatoms. The molecule has 1 fully saturated rings. The summed E-state index contributed by atoms with van der Waals surface area (Å²) < 4.78 is 11.7. The molecule has 110 valence electrons. The first-order valence-electron chi connectivity index (χ1n) is 6.72. The van der Waals surface area contributed by atoms with Gasteiger partial charge < -0.3 is 20.1 Å². The van der Waals surface area contributed by atoms with Crippen molar-refractivity contribution in [1.82, 2.24) is 5.32 Å². The van der Waals surface area contributed by atoms with Gasteiger partial charge in [-0.2, -0.15) is 0 Å². The molecule has 1 saturated heterocycles. The summed E-state index contributed by atoms with van der Waals surface area (Å²) in [5.74, 6) is 0.629. The Kier molecular flexibility index (Phi) is 5.82. The summed E-state index contributed by atoms with van der Waals surface area (Å²) in [6, 6.07) is 5.64. The van der Waals surface area contributed by atoms with Crippen LogP contribution < -0.4 is 15.4 Å². The highest BCUT2D eigenvalue weighted by atomic mass is 79.9. The van der Waals surface area contributed by atoms with Crippen LogP contribution in [0.2, 0.25) is 0 Å². The molecule has 0 aliphatic carbocycles. The van der Waals surface area contributed by atoms with Crippen LogP contribution in [0.25, 0.3) is 0 Å². The second kappa shape index (κ2) is 7.61. The van der Waals surface area contributed by atoms with Crippen LogP contribution in [0.3, 0.4) is 0 Å². The van der Waals surface area contributed by atoms with E-state index >= 15 is 0 Å². The van der Waals surface area contributed by atoms with Crippen molar-refractivity contribution in [1.29, 1.82) is 0 Å². The number of rotatable bonds is 5. The van der Waals surface area contributed by atoms with E-state index in [1.165, 1.54) is 0 Å². The van der Waals surface area contributed by atoms with Crippen molar-refractivity contribution in [2.45, 2.75) is 19.4 Å². The maximum absolute atomic E-state index is 12.1. The maximum atomic E-state index is 12.1. The van der Waals surface area contributed by atoms with Gasteiger partial charge in [-0.1, -0.05) is 15.9 Å². The molecule has 1 atom stereocenters. The Morgan fingerprint density at radius 1 is 1.60 bits per heavy atom. The number of morpholine rings is 1. The third-order valence-electron chi connectivity index (χ3n) is 2.95. The molecule has 1 aliphatic rings. The molecule has 1 unspecified atom stereocenters. The average Bonchev–Trinajstić information content (AvgIpc) is 2.43. The molecule has 20 heavy (non-hydrogen) atoms. The summed E-state index contributed by atoms with van der Waals surface area (Å²) >= 11 is 3.40. The summed E-state index contributed by atoms with van der Waals surface area (Å²) in [5, 5.41) is 6.15. The highest BCUT2D eigenvalue weighted by Gasteiger charge is 2.17. The zero-order chi connectivity index (χ0) is 14.4. The number of hydrogen-bond acceptors (Lipinski definition) is 4. The first-order valence-corrected chi connectivity index (χ1v) is 7.51. The van der Waals surface area contributed by atoms with Crippen LogP contribution in [0, 0.1) is 0 Å². The van der Waals surface area contributed by atoms with E-state index < -0.39 is 0 Å². The van der Waals surface area contributed by atoms with Crippen LogP contribution in [-0.4, -0.2) is 38.3 Å². The zero-order valence-corrected chi connectivity index (χ0v) is 13.0. The van der Waals surface area contributed by atoms with E-state index in [1.807, 2.05) is 25.1 Å². The van der Waals surface area contributed by atoms with Gasteiger partial charge in [-0.25, -0.2) is 0 Å². The zero-order valence-electron chi connectivity index (χ0n) is 11.4. The van der Waals surface area contributed by atoms with Crippen molar-refractivity contribution in [3.05, 3.63) is 22.7 Å². The first kappa shape index (κ1) is 15.3. The molecule has 1 aliphatic heterocycles. The Bertz CT molecular complexity index is 462. The van der Waals surface area contributed by atoms with Gasteiger partial charge in [-0.15, -0.1) is 0 Å². The minimum absolute atomic E-state index is 0.0490. The van der Waals surface area contributed by atoms with Crippen molar-refractivity contribution in [3.8, 4) is 5.75 Å². The van der Waals surface area contributed by atoms with Gasteiger partial charge in [0.15, 0.2) is 0 Å². The lowest BCUT2D eigenvalue weighted by molar-refractivity contribution is -0.117. The number of hydrogen-bond donors (Lipinski definition) is 2. The van der Waals surface area contributed by atoms with Gasteiger partial charge in [-0.05, 0) is 25.1 Å². The van der Waals surface area contributed by atoms with Gasteiger partial charge >= 0.3 is 0 Å². The number of carbonyl (C=O) groups excluding carboxylic acids is 1. The largest absolute Gasteiger partial charge is 0.492 e. The number of carbonyl (C=O) groups is 1. The fourth-order valence-corrected chi connectivity index (χ4v) is 2.42. The van der Waals surface area contributed by atoms with Gasteiger partial charge in [0.2, 0.25) is 5.91 Å². The Morgan fingerprint density at radius 3 is 3.15 bits per heavy atom. The lowest BCUT2D eigenvalue weighted by atomic mass is 10.2. The molecule has 5 nitrogen and oxygen atoms in total. The lowest BCUT2D eigenvalue weighted by Gasteiger charge is -2.23. The molecule has 1 amide bonds. The third-order valence-corrected chi connectivity index (χ3v) is 3.44. The SMILES string of the molecule is CCOc1ccc(Br)cc1NC(=O)CC1COCCN1.